The molecule has 4 aromatic carbocycles. The topological polar surface area (TPSA) is 0 Å². The largest absolute Gasteiger partial charge is 4.00 e. The van der Waals surface area contributed by atoms with Crippen LogP contribution in [0.1, 0.15) is 22.3 Å². The molecule has 0 N–H and O–H groups in total. The third kappa shape index (κ3) is 7.83. The predicted octanol–water partition coefficient (Wildman–Crippen LogP) is 1.66. The van der Waals surface area contributed by atoms with Crippen LogP contribution in [0.4, 0.5) is 8.78 Å². The minimum Gasteiger partial charge on any atom is -1.00 e. The first-order valence-electron chi connectivity index (χ1n) is 9.33. The smallest absolute Gasteiger partial charge is 1.00 e. The fourth-order valence-electron chi connectivity index (χ4n) is 3.09. The normalized spacial score (nSPS) is 9.48. The van der Waals surface area contributed by atoms with E-state index in [1.165, 1.54) is 57.6 Å². The Balaban J connectivity index is 0.000000529. The molecule has 0 aliphatic carbocycles. The second-order valence-corrected chi connectivity index (χ2v) is 7.23. The van der Waals surface area contributed by atoms with E-state index in [0.29, 0.717) is 0 Å². The van der Waals surface area contributed by atoms with Gasteiger partial charge in [-0.3, -0.25) is 0 Å². The molecule has 0 nitrogen and oxygen atoms in total. The summed E-state index contributed by atoms with van der Waals surface area (Å²) in [6.45, 7) is 8.34. The summed E-state index contributed by atoms with van der Waals surface area (Å²) in [5.41, 5.74) is 9.60. The molecule has 5 heteroatoms. The summed E-state index contributed by atoms with van der Waals surface area (Å²) in [5.74, 6) is -0.373. The summed E-state index contributed by atoms with van der Waals surface area (Å²) in [4.78, 5) is 0. The van der Waals surface area contributed by atoms with Gasteiger partial charge in [0.25, 0.3) is 0 Å². The number of halogens is 4. The van der Waals surface area contributed by atoms with E-state index in [2.05, 4.69) is 52.0 Å². The van der Waals surface area contributed by atoms with Crippen molar-refractivity contribution in [1.29, 1.82) is 0 Å². The molecular formula is C26H24Cl2F2Zr. The predicted molar refractivity (Wildman–Crippen MR) is 114 cm³/mol. The van der Waals surface area contributed by atoms with E-state index in [0.717, 1.165) is 11.1 Å². The van der Waals surface area contributed by atoms with Crippen LogP contribution in [0.25, 0.3) is 22.3 Å². The number of aryl methyl sites for hydroxylation is 4. The Morgan fingerprint density at radius 3 is 0.935 bits per heavy atom. The van der Waals surface area contributed by atoms with E-state index in [1.54, 1.807) is 0 Å². The first kappa shape index (κ1) is 29.5. The zero-order chi connectivity index (χ0) is 20.3. The molecule has 160 valence electrons. The minimum atomic E-state index is -0.186. The Kier molecular flexibility index (Phi) is 12.5. The van der Waals surface area contributed by atoms with Gasteiger partial charge in [-0.25, -0.2) is 8.78 Å². The molecule has 0 saturated heterocycles. The zero-order valence-corrected chi connectivity index (χ0v) is 21.9. The van der Waals surface area contributed by atoms with Crippen molar-refractivity contribution in [3.05, 3.63) is 107 Å². The summed E-state index contributed by atoms with van der Waals surface area (Å²) in [7, 11) is 0. The molecule has 0 aliphatic rings. The molecule has 0 aromatic heterocycles. The Hall–Kier alpha value is -1.54. The van der Waals surface area contributed by atoms with E-state index >= 15 is 0 Å². The number of hydrogen-bond donors (Lipinski definition) is 0. The van der Waals surface area contributed by atoms with Gasteiger partial charge in [0, 0.05) is 0 Å². The average Bonchev–Trinajstić information content (AvgIpc) is 3.18. The van der Waals surface area contributed by atoms with Gasteiger partial charge >= 0.3 is 26.2 Å². The molecule has 0 bridgehead atoms. The molecule has 4 aromatic rings. The van der Waals surface area contributed by atoms with E-state index in [9.17, 15) is 8.78 Å². The Morgan fingerprint density at radius 1 is 0.484 bits per heavy atom. The van der Waals surface area contributed by atoms with Gasteiger partial charge in [-0.2, -0.15) is 0 Å². The van der Waals surface area contributed by atoms with Gasteiger partial charge < -0.3 is 24.8 Å². The van der Waals surface area contributed by atoms with Gasteiger partial charge in [0.15, 0.2) is 0 Å². The van der Waals surface area contributed by atoms with Crippen LogP contribution in [0.5, 0.6) is 0 Å². The second kappa shape index (κ2) is 13.1. The van der Waals surface area contributed by atoms with Crippen LogP contribution in [-0.4, -0.2) is 0 Å². The Bertz CT molecular complexity index is 935. The quantitative estimate of drug-likeness (QED) is 0.342. The number of hydrogen-bond acceptors (Lipinski definition) is 0. The third-order valence-electron chi connectivity index (χ3n) is 5.09. The van der Waals surface area contributed by atoms with Crippen LogP contribution in [0.15, 0.2) is 72.8 Å². The van der Waals surface area contributed by atoms with E-state index in [4.69, 9.17) is 0 Å². The van der Waals surface area contributed by atoms with Crippen LogP contribution in [-0.2, 0) is 26.2 Å². The fraction of sp³-hybridized carbons (Fsp3) is 0.154. The van der Waals surface area contributed by atoms with E-state index in [1.807, 2.05) is 24.3 Å². The molecule has 4 rings (SSSR count). The molecule has 0 saturated carbocycles. The molecule has 0 atom stereocenters. The van der Waals surface area contributed by atoms with Crippen LogP contribution in [0.3, 0.4) is 0 Å². The van der Waals surface area contributed by atoms with Gasteiger partial charge in [0.1, 0.15) is 11.6 Å². The fourth-order valence-corrected chi connectivity index (χ4v) is 3.09. The van der Waals surface area contributed by atoms with Gasteiger partial charge in [-0.05, 0) is 0 Å². The molecule has 0 fully saturated rings. The second-order valence-electron chi connectivity index (χ2n) is 7.23. The molecule has 0 amide bonds. The zero-order valence-electron chi connectivity index (χ0n) is 17.9. The van der Waals surface area contributed by atoms with Crippen molar-refractivity contribution < 1.29 is 59.8 Å². The van der Waals surface area contributed by atoms with Crippen LogP contribution >= 0.6 is 0 Å². The van der Waals surface area contributed by atoms with Gasteiger partial charge in [0.05, 0.1) is 0 Å². The van der Waals surface area contributed by atoms with Crippen LogP contribution < -0.4 is 24.8 Å². The maximum Gasteiger partial charge on any atom is 4.00 e. The maximum absolute atomic E-state index is 12.7. The van der Waals surface area contributed by atoms with Crippen LogP contribution in [0.2, 0.25) is 0 Å². The van der Waals surface area contributed by atoms with Crippen molar-refractivity contribution in [3.8, 4) is 22.3 Å². The monoisotopic (exact) mass is 534 g/mol. The van der Waals surface area contributed by atoms with Crippen LogP contribution in [0, 0.1) is 39.3 Å². The first-order valence-corrected chi connectivity index (χ1v) is 9.33. The molecular weight excluding hydrogens is 512 g/mol. The van der Waals surface area contributed by atoms with Crippen molar-refractivity contribution in [2.45, 2.75) is 27.7 Å². The summed E-state index contributed by atoms with van der Waals surface area (Å²) >= 11 is 0. The van der Waals surface area contributed by atoms with Crippen molar-refractivity contribution in [1.82, 2.24) is 0 Å². The summed E-state index contributed by atoms with van der Waals surface area (Å²) < 4.78 is 25.4. The number of benzene rings is 2. The van der Waals surface area contributed by atoms with E-state index < -0.39 is 0 Å². The molecule has 0 spiro atoms. The van der Waals surface area contributed by atoms with Crippen molar-refractivity contribution >= 4 is 0 Å². The molecule has 0 radical (unpaired) electrons. The molecule has 0 heterocycles. The van der Waals surface area contributed by atoms with Crippen molar-refractivity contribution in [3.63, 3.8) is 0 Å². The summed E-state index contributed by atoms with van der Waals surface area (Å²) in [5, 5.41) is 0. The van der Waals surface area contributed by atoms with Gasteiger partial charge in [-0.1, -0.05) is 63.1 Å². The number of rotatable bonds is 2. The van der Waals surface area contributed by atoms with Crippen molar-refractivity contribution in [2.75, 3.05) is 0 Å². The molecule has 0 unspecified atom stereocenters. The maximum atomic E-state index is 12.7. The average molecular weight is 537 g/mol. The van der Waals surface area contributed by atoms with Gasteiger partial charge in [0.2, 0.25) is 0 Å². The Morgan fingerprint density at radius 2 is 0.710 bits per heavy atom. The minimum absolute atomic E-state index is 0. The van der Waals surface area contributed by atoms with Gasteiger partial charge in [-0.15, -0.1) is 81.9 Å². The third-order valence-corrected chi connectivity index (χ3v) is 5.09. The van der Waals surface area contributed by atoms with Crippen molar-refractivity contribution in [2.24, 2.45) is 0 Å². The first-order chi connectivity index (χ1) is 13.3. The summed E-state index contributed by atoms with van der Waals surface area (Å²) in [6, 6.07) is 21.7. The molecule has 0 aliphatic heterocycles. The molecule has 31 heavy (non-hydrogen) atoms. The Labute approximate surface area is 215 Å². The SMILES string of the molecule is Cc1c[c-](-c2ccc(F)cc2)cc1C.Cc1c[c-](-c2ccc(F)cc2)cc1C.[Cl-].[Cl-].[Zr+4]. The van der Waals surface area contributed by atoms with E-state index in [-0.39, 0.29) is 62.7 Å². The summed E-state index contributed by atoms with van der Waals surface area (Å²) in [6.07, 6.45) is 0. The standard InChI is InChI=1S/2C13H12F.2ClH.Zr/c2*1-9-7-12(8-10(9)2)11-3-5-13(14)6-4-11;;;/h2*3-8H,1-2H3;2*1H;/q2*-1;;;+4/p-2.